The number of nitrogens with one attached hydrogen (secondary N) is 1. The number of hydrogen-bond acceptors (Lipinski definition) is 2. The van der Waals surface area contributed by atoms with Crippen molar-refractivity contribution in [2.75, 3.05) is 24.5 Å². The summed E-state index contributed by atoms with van der Waals surface area (Å²) < 4.78 is 2.24. The number of carbonyl (C=O) groups is 2. The van der Waals surface area contributed by atoms with E-state index < -0.39 is 0 Å². The first-order valence-corrected chi connectivity index (χ1v) is 10.2. The Morgan fingerprint density at radius 3 is 2.36 bits per heavy atom. The minimum absolute atomic E-state index is 0.00254. The van der Waals surface area contributed by atoms with Gasteiger partial charge in [-0.15, -0.1) is 0 Å². The molecule has 6 heteroatoms. The van der Waals surface area contributed by atoms with E-state index in [-0.39, 0.29) is 18.0 Å². The predicted molar refractivity (Wildman–Crippen MR) is 109 cm³/mol. The van der Waals surface area contributed by atoms with Gasteiger partial charge in [0, 0.05) is 50.2 Å². The van der Waals surface area contributed by atoms with Crippen LogP contribution in [-0.2, 0) is 4.79 Å². The van der Waals surface area contributed by atoms with Gasteiger partial charge in [0.25, 0.3) is 0 Å². The van der Waals surface area contributed by atoms with Crippen LogP contribution < -0.4 is 10.2 Å². The molecule has 0 aliphatic carbocycles. The highest BCUT2D eigenvalue weighted by Crippen LogP contribution is 2.25. The highest BCUT2D eigenvalue weighted by atomic mass is 16.2. The molecule has 2 aliphatic rings. The molecule has 2 fully saturated rings. The molecule has 0 bridgehead atoms. The first-order chi connectivity index (χ1) is 13.6. The summed E-state index contributed by atoms with van der Waals surface area (Å²) in [6.07, 6.45) is 7.72. The molecule has 2 aliphatic heterocycles. The van der Waals surface area contributed by atoms with Crippen molar-refractivity contribution in [1.82, 2.24) is 14.8 Å². The van der Waals surface area contributed by atoms with Crippen molar-refractivity contribution in [2.45, 2.75) is 44.7 Å². The van der Waals surface area contributed by atoms with Crippen LogP contribution in [0.4, 0.5) is 10.5 Å². The van der Waals surface area contributed by atoms with Gasteiger partial charge >= 0.3 is 6.03 Å². The van der Waals surface area contributed by atoms with Crippen LogP contribution in [0.15, 0.2) is 48.8 Å². The second-order valence-electron chi connectivity index (χ2n) is 7.76. The van der Waals surface area contributed by atoms with Gasteiger partial charge in [-0.2, -0.15) is 0 Å². The average molecular weight is 380 g/mol. The van der Waals surface area contributed by atoms with E-state index in [1.165, 1.54) is 0 Å². The van der Waals surface area contributed by atoms with E-state index in [4.69, 9.17) is 0 Å². The standard InChI is InChI=1S/C22H28N4O2/c1-17(18-6-8-20(9-7-18)26-14-4-5-21(26)27)23-22(28)25-15-10-19(11-16-25)24-12-2-3-13-24/h2-3,6-9,12-13,17,19H,4-5,10-11,14-16H2,1H3,(H,23,28)/t17-/m0/s1. The highest BCUT2D eigenvalue weighted by Gasteiger charge is 2.25. The number of aromatic nitrogens is 1. The molecule has 148 valence electrons. The molecule has 1 aromatic carbocycles. The third-order valence-corrected chi connectivity index (χ3v) is 5.92. The topological polar surface area (TPSA) is 57.6 Å². The summed E-state index contributed by atoms with van der Waals surface area (Å²) >= 11 is 0. The fourth-order valence-corrected chi connectivity index (χ4v) is 4.18. The Hall–Kier alpha value is -2.76. The maximum Gasteiger partial charge on any atom is 0.317 e. The van der Waals surface area contributed by atoms with Crippen LogP contribution >= 0.6 is 0 Å². The molecule has 1 aromatic heterocycles. The lowest BCUT2D eigenvalue weighted by Gasteiger charge is -2.33. The predicted octanol–water partition coefficient (Wildman–Crippen LogP) is 3.72. The molecule has 0 spiro atoms. The van der Waals surface area contributed by atoms with Gasteiger partial charge in [0.05, 0.1) is 6.04 Å². The summed E-state index contributed by atoms with van der Waals surface area (Å²) in [6, 6.07) is 12.5. The van der Waals surface area contributed by atoms with Crippen LogP contribution in [0.5, 0.6) is 0 Å². The number of benzene rings is 1. The van der Waals surface area contributed by atoms with Gasteiger partial charge in [-0.25, -0.2) is 4.79 Å². The minimum atomic E-state index is -0.0713. The van der Waals surface area contributed by atoms with Crippen LogP contribution in [0.2, 0.25) is 0 Å². The summed E-state index contributed by atoms with van der Waals surface area (Å²) in [6.45, 7) is 4.35. The molecule has 2 aromatic rings. The van der Waals surface area contributed by atoms with Gasteiger partial charge < -0.3 is 19.7 Å². The number of piperidine rings is 1. The SMILES string of the molecule is C[C@H](NC(=O)N1CCC(n2cccc2)CC1)c1ccc(N2CCCC2=O)cc1. The minimum Gasteiger partial charge on any atom is -0.351 e. The van der Waals surface area contributed by atoms with E-state index in [0.29, 0.717) is 12.5 Å². The van der Waals surface area contributed by atoms with E-state index in [9.17, 15) is 9.59 Å². The zero-order valence-electron chi connectivity index (χ0n) is 16.4. The maximum atomic E-state index is 12.6. The highest BCUT2D eigenvalue weighted by molar-refractivity contribution is 5.95. The van der Waals surface area contributed by atoms with E-state index in [0.717, 1.165) is 50.1 Å². The third kappa shape index (κ3) is 3.91. The fourth-order valence-electron chi connectivity index (χ4n) is 4.18. The molecular weight excluding hydrogens is 352 g/mol. The van der Waals surface area contributed by atoms with E-state index >= 15 is 0 Å². The van der Waals surface area contributed by atoms with Gasteiger partial charge in [0.2, 0.25) is 5.91 Å². The van der Waals surface area contributed by atoms with Crippen LogP contribution in [0.3, 0.4) is 0 Å². The molecule has 28 heavy (non-hydrogen) atoms. The van der Waals surface area contributed by atoms with Crippen molar-refractivity contribution in [1.29, 1.82) is 0 Å². The molecule has 0 radical (unpaired) electrons. The first kappa shape index (κ1) is 18.6. The number of rotatable bonds is 4. The van der Waals surface area contributed by atoms with Crippen molar-refractivity contribution in [2.24, 2.45) is 0 Å². The second kappa shape index (κ2) is 8.09. The summed E-state index contributed by atoms with van der Waals surface area (Å²) in [5.41, 5.74) is 1.99. The molecule has 0 unspecified atom stereocenters. The Morgan fingerprint density at radius 2 is 1.75 bits per heavy atom. The second-order valence-corrected chi connectivity index (χ2v) is 7.76. The van der Waals surface area contributed by atoms with E-state index in [1.807, 2.05) is 53.1 Å². The van der Waals surface area contributed by atoms with Gasteiger partial charge in [-0.05, 0) is 56.0 Å². The number of carbonyl (C=O) groups excluding carboxylic acids is 2. The molecule has 2 saturated heterocycles. The Kier molecular flexibility index (Phi) is 5.37. The molecule has 3 heterocycles. The number of nitrogens with zero attached hydrogens (tertiary/aromatic N) is 3. The van der Waals surface area contributed by atoms with Crippen LogP contribution in [0, 0.1) is 0 Å². The zero-order chi connectivity index (χ0) is 19.5. The van der Waals surface area contributed by atoms with Crippen LogP contribution in [0.1, 0.15) is 50.3 Å². The number of hydrogen-bond donors (Lipinski definition) is 1. The van der Waals surface area contributed by atoms with Gasteiger partial charge in [-0.1, -0.05) is 12.1 Å². The molecule has 1 N–H and O–H groups in total. The summed E-state index contributed by atoms with van der Waals surface area (Å²) in [5.74, 6) is 0.192. The van der Waals surface area contributed by atoms with Crippen molar-refractivity contribution in [3.05, 3.63) is 54.4 Å². The summed E-state index contributed by atoms with van der Waals surface area (Å²) in [7, 11) is 0. The number of urea groups is 1. The zero-order valence-corrected chi connectivity index (χ0v) is 16.4. The van der Waals surface area contributed by atoms with Crippen molar-refractivity contribution in [3.8, 4) is 0 Å². The molecule has 0 saturated carbocycles. The smallest absolute Gasteiger partial charge is 0.317 e. The Morgan fingerprint density at radius 1 is 1.07 bits per heavy atom. The summed E-state index contributed by atoms with van der Waals surface area (Å²) in [4.78, 5) is 28.3. The fraction of sp³-hybridized carbons (Fsp3) is 0.455. The lowest BCUT2D eigenvalue weighted by atomic mass is 10.0. The number of amides is 3. The monoisotopic (exact) mass is 380 g/mol. The van der Waals surface area contributed by atoms with E-state index in [2.05, 4.69) is 22.3 Å². The molecule has 1 atom stereocenters. The van der Waals surface area contributed by atoms with Crippen LogP contribution in [-0.4, -0.2) is 41.0 Å². The Bertz CT molecular complexity index is 808. The van der Waals surface area contributed by atoms with Gasteiger partial charge in [0.15, 0.2) is 0 Å². The lowest BCUT2D eigenvalue weighted by molar-refractivity contribution is -0.117. The average Bonchev–Trinajstić information content (AvgIpc) is 3.40. The third-order valence-electron chi connectivity index (χ3n) is 5.92. The maximum absolute atomic E-state index is 12.6. The van der Waals surface area contributed by atoms with Gasteiger partial charge in [0.1, 0.15) is 0 Å². The van der Waals surface area contributed by atoms with Crippen LogP contribution in [0.25, 0.3) is 0 Å². The molecule has 6 nitrogen and oxygen atoms in total. The first-order valence-electron chi connectivity index (χ1n) is 10.2. The normalized spacial score (nSPS) is 19.1. The lowest BCUT2D eigenvalue weighted by Crippen LogP contribution is -2.45. The summed E-state index contributed by atoms with van der Waals surface area (Å²) in [5, 5.41) is 3.11. The largest absolute Gasteiger partial charge is 0.351 e. The molecule has 3 amide bonds. The molecule has 4 rings (SSSR count). The Labute approximate surface area is 166 Å². The molecular formula is C22H28N4O2. The Balaban J connectivity index is 1.30. The number of likely N-dealkylation sites (tertiary alicyclic amines) is 1. The van der Waals surface area contributed by atoms with Crippen molar-refractivity contribution < 1.29 is 9.59 Å². The van der Waals surface area contributed by atoms with Crippen molar-refractivity contribution in [3.63, 3.8) is 0 Å². The van der Waals surface area contributed by atoms with Crippen molar-refractivity contribution >= 4 is 17.6 Å². The van der Waals surface area contributed by atoms with E-state index in [1.54, 1.807) is 0 Å². The quantitative estimate of drug-likeness (QED) is 0.879. The number of anilines is 1. The van der Waals surface area contributed by atoms with Gasteiger partial charge in [-0.3, -0.25) is 4.79 Å².